The first-order valence-electron chi connectivity index (χ1n) is 2.98. The Labute approximate surface area is 71.2 Å². The van der Waals surface area contributed by atoms with Gasteiger partial charge in [0.05, 0.1) is 0 Å². The van der Waals surface area contributed by atoms with Crippen molar-refractivity contribution in [1.29, 1.82) is 0 Å². The van der Waals surface area contributed by atoms with Crippen molar-refractivity contribution in [2.24, 2.45) is 0 Å². The number of hydrogen-bond donors (Lipinski definition) is 2. The number of aromatic nitrogens is 1. The maximum atomic E-state index is 12.0. The normalized spacial score (nSPS) is 10.7. The summed E-state index contributed by atoms with van der Waals surface area (Å²) in [4.78, 5) is 13.0. The number of alkyl halides is 2. The van der Waals surface area contributed by atoms with Crippen LogP contribution >= 0.6 is 11.6 Å². The number of nitrogen functional groups attached to an aromatic ring is 1. The highest BCUT2D eigenvalue weighted by atomic mass is 35.5. The summed E-state index contributed by atoms with van der Waals surface area (Å²) in [5, 5.41) is -0.197. The van der Waals surface area contributed by atoms with E-state index >= 15 is 0 Å². The predicted molar refractivity (Wildman–Crippen MR) is 41.4 cm³/mol. The second-order valence-corrected chi connectivity index (χ2v) is 2.50. The van der Waals surface area contributed by atoms with Crippen molar-refractivity contribution in [3.8, 4) is 0 Å². The molecular formula is C6H5ClF2N2O. The monoisotopic (exact) mass is 194 g/mol. The zero-order chi connectivity index (χ0) is 9.30. The summed E-state index contributed by atoms with van der Waals surface area (Å²) in [5.74, 6) is 0. The van der Waals surface area contributed by atoms with Crippen LogP contribution in [0.25, 0.3) is 0 Å². The third-order valence-corrected chi connectivity index (χ3v) is 1.61. The van der Waals surface area contributed by atoms with E-state index in [2.05, 4.69) is 4.98 Å². The zero-order valence-electron chi connectivity index (χ0n) is 5.77. The second kappa shape index (κ2) is 3.10. The van der Waals surface area contributed by atoms with Crippen LogP contribution in [0.3, 0.4) is 0 Å². The summed E-state index contributed by atoms with van der Waals surface area (Å²) >= 11 is 5.32. The lowest BCUT2D eigenvalue weighted by atomic mass is 10.3. The first kappa shape index (κ1) is 8.99. The van der Waals surface area contributed by atoms with Crippen LogP contribution < -0.4 is 11.2 Å². The number of H-pyrrole nitrogens is 1. The molecule has 1 rings (SSSR count). The zero-order valence-corrected chi connectivity index (χ0v) is 6.53. The third kappa shape index (κ3) is 1.40. The molecule has 3 nitrogen and oxygen atoms in total. The molecule has 3 N–H and O–H groups in total. The van der Waals surface area contributed by atoms with Crippen molar-refractivity contribution in [3.63, 3.8) is 0 Å². The molecular weight excluding hydrogens is 190 g/mol. The van der Waals surface area contributed by atoms with E-state index in [4.69, 9.17) is 17.3 Å². The first-order chi connectivity index (χ1) is 5.54. The molecule has 0 spiro atoms. The lowest BCUT2D eigenvalue weighted by Crippen LogP contribution is -2.13. The number of pyridine rings is 1. The summed E-state index contributed by atoms with van der Waals surface area (Å²) in [6, 6.07) is 0. The molecule has 0 amide bonds. The van der Waals surface area contributed by atoms with Crippen LogP contribution in [0.15, 0.2) is 11.0 Å². The van der Waals surface area contributed by atoms with Crippen molar-refractivity contribution >= 4 is 17.3 Å². The minimum absolute atomic E-state index is 0.197. The van der Waals surface area contributed by atoms with E-state index in [-0.39, 0.29) is 5.02 Å². The van der Waals surface area contributed by atoms with Crippen LogP contribution in [-0.4, -0.2) is 4.98 Å². The van der Waals surface area contributed by atoms with Crippen LogP contribution in [0, 0.1) is 0 Å². The van der Waals surface area contributed by atoms with Gasteiger partial charge in [0.15, 0.2) is 0 Å². The summed E-state index contributed by atoms with van der Waals surface area (Å²) in [6.07, 6.45) is -1.81. The van der Waals surface area contributed by atoms with E-state index in [0.717, 1.165) is 6.20 Å². The molecule has 0 aliphatic heterocycles. The molecule has 1 heterocycles. The predicted octanol–water partition coefficient (Wildman–Crippen LogP) is 1.55. The average Bonchev–Trinajstić information content (AvgIpc) is 2.00. The van der Waals surface area contributed by atoms with Crippen LogP contribution in [0.2, 0.25) is 5.02 Å². The maximum absolute atomic E-state index is 12.0. The molecule has 0 aromatic carbocycles. The Kier molecular flexibility index (Phi) is 2.32. The van der Waals surface area contributed by atoms with Gasteiger partial charge in [0.25, 0.3) is 6.43 Å². The van der Waals surface area contributed by atoms with Gasteiger partial charge in [-0.3, -0.25) is 4.79 Å². The molecule has 6 heteroatoms. The van der Waals surface area contributed by atoms with Gasteiger partial charge in [0, 0.05) is 6.20 Å². The van der Waals surface area contributed by atoms with Gasteiger partial charge in [0.2, 0.25) is 5.43 Å². The summed E-state index contributed by atoms with van der Waals surface area (Å²) in [7, 11) is 0. The van der Waals surface area contributed by atoms with Crippen molar-refractivity contribution < 1.29 is 8.78 Å². The number of nitrogens with two attached hydrogens (primary N) is 1. The second-order valence-electron chi connectivity index (χ2n) is 2.09. The highest BCUT2D eigenvalue weighted by molar-refractivity contribution is 6.30. The van der Waals surface area contributed by atoms with Crippen molar-refractivity contribution in [3.05, 3.63) is 27.1 Å². The smallest absolute Gasteiger partial charge is 0.280 e. The molecule has 0 saturated carbocycles. The molecule has 1 aromatic rings. The minimum atomic E-state index is -2.80. The summed E-state index contributed by atoms with van der Waals surface area (Å²) in [5.41, 5.74) is 3.18. The van der Waals surface area contributed by atoms with Gasteiger partial charge < -0.3 is 10.7 Å². The molecule has 0 bridgehead atoms. The standard InChI is InChI=1S/C6H5ClF2N2O/c7-2-1-11-4(6(8)9)3(10)5(2)12/h1,6H,10H2,(H,11,12). The number of anilines is 1. The Hall–Kier alpha value is -1.10. The molecule has 0 aliphatic rings. The molecule has 66 valence electrons. The lowest BCUT2D eigenvalue weighted by Gasteiger charge is -2.02. The number of hydrogen-bond acceptors (Lipinski definition) is 2. The SMILES string of the molecule is Nc1c(C(F)F)[nH]cc(Cl)c1=O. The van der Waals surface area contributed by atoms with E-state index < -0.39 is 23.2 Å². The third-order valence-electron chi connectivity index (χ3n) is 1.32. The van der Waals surface area contributed by atoms with E-state index in [0.29, 0.717) is 0 Å². The fourth-order valence-electron chi connectivity index (χ4n) is 0.716. The van der Waals surface area contributed by atoms with Crippen LogP contribution in [0.4, 0.5) is 14.5 Å². The van der Waals surface area contributed by atoms with E-state index in [1.807, 2.05) is 0 Å². The number of nitrogens with one attached hydrogen (secondary N) is 1. The topological polar surface area (TPSA) is 58.9 Å². The largest absolute Gasteiger partial charge is 0.394 e. The van der Waals surface area contributed by atoms with Crippen LogP contribution in [0.1, 0.15) is 12.1 Å². The number of rotatable bonds is 1. The number of aromatic amines is 1. The van der Waals surface area contributed by atoms with Crippen LogP contribution in [0.5, 0.6) is 0 Å². The maximum Gasteiger partial charge on any atom is 0.280 e. The molecule has 0 saturated heterocycles. The van der Waals surface area contributed by atoms with Crippen molar-refractivity contribution in [1.82, 2.24) is 4.98 Å². The lowest BCUT2D eigenvalue weighted by molar-refractivity contribution is 0.147. The summed E-state index contributed by atoms with van der Waals surface area (Å²) < 4.78 is 24.1. The van der Waals surface area contributed by atoms with Gasteiger partial charge in [-0.2, -0.15) is 0 Å². The minimum Gasteiger partial charge on any atom is -0.394 e. The van der Waals surface area contributed by atoms with Crippen LogP contribution in [-0.2, 0) is 0 Å². The Morgan fingerprint density at radius 3 is 2.67 bits per heavy atom. The van der Waals surface area contributed by atoms with Gasteiger partial charge in [0.1, 0.15) is 16.4 Å². The van der Waals surface area contributed by atoms with E-state index in [1.54, 1.807) is 0 Å². The summed E-state index contributed by atoms with van der Waals surface area (Å²) in [6.45, 7) is 0. The molecule has 0 radical (unpaired) electrons. The van der Waals surface area contributed by atoms with Crippen molar-refractivity contribution in [2.45, 2.75) is 6.43 Å². The molecule has 0 atom stereocenters. The van der Waals surface area contributed by atoms with Gasteiger partial charge in [-0.05, 0) is 0 Å². The highest BCUT2D eigenvalue weighted by Gasteiger charge is 2.15. The van der Waals surface area contributed by atoms with Gasteiger partial charge in [-0.1, -0.05) is 11.6 Å². The molecule has 12 heavy (non-hydrogen) atoms. The highest BCUT2D eigenvalue weighted by Crippen LogP contribution is 2.20. The Balaban J connectivity index is 3.37. The van der Waals surface area contributed by atoms with Crippen molar-refractivity contribution in [2.75, 3.05) is 5.73 Å². The van der Waals surface area contributed by atoms with Gasteiger partial charge in [-0.15, -0.1) is 0 Å². The average molecular weight is 195 g/mol. The van der Waals surface area contributed by atoms with Gasteiger partial charge >= 0.3 is 0 Å². The first-order valence-corrected chi connectivity index (χ1v) is 3.36. The molecule has 0 fully saturated rings. The van der Waals surface area contributed by atoms with Gasteiger partial charge in [-0.25, -0.2) is 8.78 Å². The van der Waals surface area contributed by atoms with E-state index in [1.165, 1.54) is 0 Å². The number of halogens is 3. The Morgan fingerprint density at radius 1 is 1.58 bits per heavy atom. The fourth-order valence-corrected chi connectivity index (χ4v) is 0.872. The molecule has 1 aromatic heterocycles. The van der Waals surface area contributed by atoms with E-state index in [9.17, 15) is 13.6 Å². The quantitative estimate of drug-likeness (QED) is 0.713. The Morgan fingerprint density at radius 2 is 2.17 bits per heavy atom. The fraction of sp³-hybridized carbons (Fsp3) is 0.167. The molecule has 0 aliphatic carbocycles. The molecule has 0 unspecified atom stereocenters. The Bertz CT molecular complexity index is 350.